The quantitative estimate of drug-likeness (QED) is 0.741. The van der Waals surface area contributed by atoms with Crippen molar-refractivity contribution in [3.63, 3.8) is 0 Å². The van der Waals surface area contributed by atoms with Gasteiger partial charge < -0.3 is 14.8 Å². The van der Waals surface area contributed by atoms with Crippen LogP contribution in [0.2, 0.25) is 0 Å². The Kier molecular flexibility index (Phi) is 4.73. The van der Waals surface area contributed by atoms with Gasteiger partial charge >= 0.3 is 6.61 Å². The molecule has 9 heteroatoms. The number of hydrogen-bond donors (Lipinski definition) is 1. The summed E-state index contributed by atoms with van der Waals surface area (Å²) in [6.45, 7) is -3.07. The Hall–Kier alpha value is -3.23. The van der Waals surface area contributed by atoms with Crippen molar-refractivity contribution in [1.82, 2.24) is 15.0 Å². The van der Waals surface area contributed by atoms with Crippen molar-refractivity contribution in [2.24, 2.45) is 0 Å². The predicted molar refractivity (Wildman–Crippen MR) is 85.8 cm³/mol. The second-order valence-corrected chi connectivity index (χ2v) is 5.03. The highest BCUT2D eigenvalue weighted by atomic mass is 19.3. The number of alkyl halides is 2. The molecular weight excluding hydrogens is 334 g/mol. The number of hydrogen-bond acceptors (Lipinski definition) is 5. The molecule has 2 aromatic carbocycles. The van der Waals surface area contributed by atoms with Gasteiger partial charge in [-0.2, -0.15) is 8.78 Å². The smallest absolute Gasteiger partial charge is 0.387 e. The largest absolute Gasteiger partial charge is 0.493 e. The van der Waals surface area contributed by atoms with Crippen molar-refractivity contribution in [3.05, 3.63) is 42.5 Å². The fraction of sp³-hybridized carbons (Fsp3) is 0.188. The molecule has 0 aliphatic heterocycles. The van der Waals surface area contributed by atoms with Crippen LogP contribution in [-0.4, -0.2) is 34.6 Å². The predicted octanol–water partition coefficient (Wildman–Crippen LogP) is 2.68. The number of carbonyl (C=O) groups is 1. The van der Waals surface area contributed by atoms with E-state index in [0.717, 1.165) is 0 Å². The average Bonchev–Trinajstić information content (AvgIpc) is 2.98. The number of nitrogens with zero attached hydrogens (tertiary/aromatic N) is 3. The van der Waals surface area contributed by atoms with Crippen molar-refractivity contribution >= 4 is 22.6 Å². The van der Waals surface area contributed by atoms with Gasteiger partial charge in [0.1, 0.15) is 12.1 Å². The topological polar surface area (TPSA) is 78.3 Å². The Balaban J connectivity index is 1.74. The molecule has 130 valence electrons. The second kappa shape index (κ2) is 7.12. The lowest BCUT2D eigenvalue weighted by Gasteiger charge is -2.12. The maximum absolute atomic E-state index is 12.4. The molecule has 3 aromatic rings. The first kappa shape index (κ1) is 16.6. The van der Waals surface area contributed by atoms with Crippen LogP contribution in [-0.2, 0) is 11.3 Å². The van der Waals surface area contributed by atoms with Crippen LogP contribution >= 0.6 is 0 Å². The number of fused-ring (bicyclic) bond motifs is 1. The van der Waals surface area contributed by atoms with Gasteiger partial charge in [-0.3, -0.25) is 4.79 Å². The van der Waals surface area contributed by atoms with Gasteiger partial charge in [0.25, 0.3) is 0 Å². The Morgan fingerprint density at radius 1 is 1.24 bits per heavy atom. The molecule has 1 amide bonds. The Morgan fingerprint density at radius 3 is 2.80 bits per heavy atom. The number of aromatic nitrogens is 3. The molecule has 1 aromatic heterocycles. The molecule has 7 nitrogen and oxygen atoms in total. The number of rotatable bonds is 6. The minimum atomic E-state index is -3.00. The van der Waals surface area contributed by atoms with E-state index < -0.39 is 6.61 Å². The third-order valence-electron chi connectivity index (χ3n) is 3.38. The van der Waals surface area contributed by atoms with Crippen LogP contribution in [0.4, 0.5) is 14.5 Å². The van der Waals surface area contributed by atoms with E-state index >= 15 is 0 Å². The maximum atomic E-state index is 12.4. The van der Waals surface area contributed by atoms with Gasteiger partial charge in [-0.05, 0) is 24.3 Å². The van der Waals surface area contributed by atoms with Crippen molar-refractivity contribution in [3.8, 4) is 11.5 Å². The molecule has 0 bridgehead atoms. The molecule has 0 atom stereocenters. The molecule has 25 heavy (non-hydrogen) atoms. The molecule has 0 aliphatic rings. The van der Waals surface area contributed by atoms with Crippen LogP contribution in [0.1, 0.15) is 0 Å². The summed E-state index contributed by atoms with van der Waals surface area (Å²) in [7, 11) is 1.34. The monoisotopic (exact) mass is 348 g/mol. The lowest BCUT2D eigenvalue weighted by atomic mass is 10.2. The van der Waals surface area contributed by atoms with Gasteiger partial charge in [0.05, 0.1) is 12.6 Å². The summed E-state index contributed by atoms with van der Waals surface area (Å²) < 4.78 is 35.7. The van der Waals surface area contributed by atoms with Gasteiger partial charge in [0, 0.05) is 11.8 Å². The van der Waals surface area contributed by atoms with Crippen molar-refractivity contribution in [2.45, 2.75) is 13.2 Å². The summed E-state index contributed by atoms with van der Waals surface area (Å²) in [5.74, 6) is -0.411. The molecule has 0 saturated carbocycles. The number of methoxy groups -OCH3 is 1. The van der Waals surface area contributed by atoms with E-state index in [9.17, 15) is 13.6 Å². The molecule has 0 unspecified atom stereocenters. The van der Waals surface area contributed by atoms with Gasteiger partial charge in [-0.15, -0.1) is 5.10 Å². The third-order valence-corrected chi connectivity index (χ3v) is 3.38. The Labute approximate surface area is 141 Å². The minimum absolute atomic E-state index is 0.0718. The van der Waals surface area contributed by atoms with Crippen molar-refractivity contribution in [1.29, 1.82) is 0 Å². The summed E-state index contributed by atoms with van der Waals surface area (Å²) in [5.41, 5.74) is 1.69. The lowest BCUT2D eigenvalue weighted by Crippen LogP contribution is -2.19. The minimum Gasteiger partial charge on any atom is -0.493 e. The number of nitrogens with one attached hydrogen (secondary N) is 1. The molecule has 1 heterocycles. The number of halogens is 2. The first-order chi connectivity index (χ1) is 12.1. The number of carbonyl (C=O) groups excluding carboxylic acids is 1. The average molecular weight is 348 g/mol. The van der Waals surface area contributed by atoms with Crippen LogP contribution in [0, 0.1) is 0 Å². The van der Waals surface area contributed by atoms with E-state index in [0.29, 0.717) is 16.7 Å². The summed E-state index contributed by atoms with van der Waals surface area (Å²) in [6, 6.07) is 11.4. The summed E-state index contributed by atoms with van der Waals surface area (Å²) in [5, 5.41) is 10.5. The summed E-state index contributed by atoms with van der Waals surface area (Å²) >= 11 is 0. The van der Waals surface area contributed by atoms with Gasteiger partial charge in [-0.25, -0.2) is 4.68 Å². The van der Waals surface area contributed by atoms with E-state index in [4.69, 9.17) is 4.74 Å². The Morgan fingerprint density at radius 2 is 2.04 bits per heavy atom. The van der Waals surface area contributed by atoms with E-state index in [1.54, 1.807) is 12.1 Å². The number of benzene rings is 2. The number of ether oxygens (including phenoxy) is 2. The molecule has 0 fully saturated rings. The van der Waals surface area contributed by atoms with Gasteiger partial charge in [-0.1, -0.05) is 17.3 Å². The van der Waals surface area contributed by atoms with E-state index in [1.165, 1.54) is 30.0 Å². The van der Waals surface area contributed by atoms with Crippen molar-refractivity contribution < 1.29 is 23.0 Å². The first-order valence-corrected chi connectivity index (χ1v) is 7.28. The fourth-order valence-electron chi connectivity index (χ4n) is 2.31. The molecule has 0 radical (unpaired) electrons. The maximum Gasteiger partial charge on any atom is 0.387 e. The van der Waals surface area contributed by atoms with E-state index in [-0.39, 0.29) is 24.0 Å². The van der Waals surface area contributed by atoms with Crippen LogP contribution in [0.3, 0.4) is 0 Å². The SMILES string of the molecule is COc1ccc(NC(=O)Cn2nnc3ccccc32)cc1OC(F)F. The first-order valence-electron chi connectivity index (χ1n) is 7.28. The van der Waals surface area contributed by atoms with Crippen LogP contribution in [0.25, 0.3) is 11.0 Å². The number of amides is 1. The van der Waals surface area contributed by atoms with Crippen LogP contribution < -0.4 is 14.8 Å². The molecular formula is C16H14F2N4O3. The van der Waals surface area contributed by atoms with E-state index in [1.807, 2.05) is 12.1 Å². The highest BCUT2D eigenvalue weighted by Gasteiger charge is 2.13. The molecule has 0 aliphatic carbocycles. The van der Waals surface area contributed by atoms with Crippen LogP contribution in [0.15, 0.2) is 42.5 Å². The highest BCUT2D eigenvalue weighted by molar-refractivity contribution is 5.91. The summed E-state index contributed by atoms with van der Waals surface area (Å²) in [6.07, 6.45) is 0. The molecule has 0 spiro atoms. The highest BCUT2D eigenvalue weighted by Crippen LogP contribution is 2.31. The molecule has 3 rings (SSSR count). The van der Waals surface area contributed by atoms with Crippen LogP contribution in [0.5, 0.6) is 11.5 Å². The standard InChI is InChI=1S/C16H14F2N4O3/c1-24-13-7-6-10(8-14(13)25-16(17)18)19-15(23)9-22-12-5-3-2-4-11(12)20-21-22/h2-8,16H,9H2,1H3,(H,19,23). The Bertz CT molecular complexity index is 898. The molecule has 0 saturated heterocycles. The second-order valence-electron chi connectivity index (χ2n) is 5.03. The fourth-order valence-corrected chi connectivity index (χ4v) is 2.31. The summed E-state index contributed by atoms with van der Waals surface area (Å²) in [4.78, 5) is 12.2. The zero-order valence-electron chi connectivity index (χ0n) is 13.1. The molecule has 1 N–H and O–H groups in total. The van der Waals surface area contributed by atoms with Crippen molar-refractivity contribution in [2.75, 3.05) is 12.4 Å². The number of para-hydroxylation sites is 1. The van der Waals surface area contributed by atoms with Gasteiger partial charge in [0.15, 0.2) is 11.5 Å². The third kappa shape index (κ3) is 3.82. The van der Waals surface area contributed by atoms with E-state index in [2.05, 4.69) is 20.4 Å². The number of anilines is 1. The zero-order chi connectivity index (χ0) is 17.8. The zero-order valence-corrected chi connectivity index (χ0v) is 13.1. The lowest BCUT2D eigenvalue weighted by molar-refractivity contribution is -0.116. The normalized spacial score (nSPS) is 10.9. The van der Waals surface area contributed by atoms with Gasteiger partial charge in [0.2, 0.25) is 5.91 Å².